The molecule has 22 heavy (non-hydrogen) atoms. The maximum Gasteiger partial charge on any atom is 0.409 e. The van der Waals surface area contributed by atoms with Crippen LogP contribution in [-0.2, 0) is 4.74 Å². The first kappa shape index (κ1) is 17.5. The summed E-state index contributed by atoms with van der Waals surface area (Å²) < 4.78 is 4.88. The Morgan fingerprint density at radius 3 is 2.45 bits per heavy atom. The predicted molar refractivity (Wildman–Crippen MR) is 80.5 cm³/mol. The van der Waals surface area contributed by atoms with E-state index < -0.39 is 12.2 Å². The molecule has 2 aliphatic heterocycles. The molecule has 128 valence electrons. The van der Waals surface area contributed by atoms with Crippen molar-refractivity contribution in [3.8, 4) is 0 Å². The lowest BCUT2D eigenvalue weighted by Crippen LogP contribution is -2.56. The fourth-order valence-electron chi connectivity index (χ4n) is 3.21. The summed E-state index contributed by atoms with van der Waals surface area (Å²) in [6, 6.07) is -0.358. The fraction of sp³-hybridized carbons (Fsp3) is 0.933. The Balaban J connectivity index is 1.57. The quantitative estimate of drug-likeness (QED) is 0.537. The van der Waals surface area contributed by atoms with Crippen molar-refractivity contribution in [3.63, 3.8) is 0 Å². The Morgan fingerprint density at radius 2 is 1.82 bits per heavy atom. The molecule has 0 aromatic carbocycles. The van der Waals surface area contributed by atoms with Gasteiger partial charge in [-0.05, 0) is 25.8 Å². The molecule has 0 aliphatic carbocycles. The minimum Gasteiger partial charge on any atom is -0.448 e. The minimum absolute atomic E-state index is 0.130. The van der Waals surface area contributed by atoms with E-state index in [1.807, 2.05) is 0 Å². The summed E-state index contributed by atoms with van der Waals surface area (Å²) in [6.07, 6.45) is 2.82. The Kier molecular flexibility index (Phi) is 6.88. The highest BCUT2D eigenvalue weighted by atomic mass is 16.6. The molecular weight excluding hydrogens is 288 g/mol. The number of rotatable bonds is 8. The van der Waals surface area contributed by atoms with Gasteiger partial charge in [0.15, 0.2) is 0 Å². The van der Waals surface area contributed by atoms with Gasteiger partial charge in [0.2, 0.25) is 0 Å². The number of amides is 1. The number of cyclic esters (lactones) is 1. The number of hydrogen-bond donors (Lipinski definition) is 3. The molecule has 2 fully saturated rings. The van der Waals surface area contributed by atoms with E-state index in [9.17, 15) is 20.1 Å². The van der Waals surface area contributed by atoms with Crippen LogP contribution in [0.1, 0.15) is 32.1 Å². The molecule has 1 amide bonds. The normalized spacial score (nSPS) is 29.9. The van der Waals surface area contributed by atoms with Crippen molar-refractivity contribution in [2.45, 2.75) is 50.4 Å². The van der Waals surface area contributed by atoms with Crippen LogP contribution in [0.2, 0.25) is 0 Å². The van der Waals surface area contributed by atoms with Crippen molar-refractivity contribution in [1.29, 1.82) is 0 Å². The van der Waals surface area contributed by atoms with Gasteiger partial charge in [0.1, 0.15) is 6.61 Å². The van der Waals surface area contributed by atoms with Crippen molar-refractivity contribution < 1.29 is 24.9 Å². The molecule has 2 unspecified atom stereocenters. The van der Waals surface area contributed by atoms with Crippen LogP contribution in [-0.4, -0.2) is 88.9 Å². The molecule has 0 aromatic rings. The Morgan fingerprint density at radius 1 is 1.09 bits per heavy atom. The second-order valence-corrected chi connectivity index (χ2v) is 6.15. The van der Waals surface area contributed by atoms with Crippen molar-refractivity contribution in [2.24, 2.45) is 0 Å². The third-order valence-corrected chi connectivity index (χ3v) is 4.62. The number of likely N-dealkylation sites (tertiary alicyclic amines) is 1. The monoisotopic (exact) mass is 316 g/mol. The maximum absolute atomic E-state index is 11.3. The first-order valence-electron chi connectivity index (χ1n) is 8.26. The summed E-state index contributed by atoms with van der Waals surface area (Å²) in [5.41, 5.74) is 0. The van der Waals surface area contributed by atoms with E-state index >= 15 is 0 Å². The first-order valence-corrected chi connectivity index (χ1v) is 8.26. The van der Waals surface area contributed by atoms with E-state index in [1.165, 1.54) is 0 Å². The zero-order chi connectivity index (χ0) is 15.9. The van der Waals surface area contributed by atoms with Crippen molar-refractivity contribution in [2.75, 3.05) is 39.4 Å². The van der Waals surface area contributed by atoms with Gasteiger partial charge in [-0.3, -0.25) is 4.90 Å². The summed E-state index contributed by atoms with van der Waals surface area (Å²) in [4.78, 5) is 15.1. The topological polar surface area (TPSA) is 93.5 Å². The number of aliphatic hydroxyl groups excluding tert-OH is 3. The van der Waals surface area contributed by atoms with Gasteiger partial charge in [0.05, 0.1) is 31.4 Å². The van der Waals surface area contributed by atoms with Crippen molar-refractivity contribution in [1.82, 2.24) is 9.80 Å². The van der Waals surface area contributed by atoms with E-state index in [4.69, 9.17) is 4.74 Å². The molecule has 0 bridgehead atoms. The summed E-state index contributed by atoms with van der Waals surface area (Å²) in [5, 5.41) is 28.9. The van der Waals surface area contributed by atoms with Crippen LogP contribution >= 0.6 is 0 Å². The highest BCUT2D eigenvalue weighted by Crippen LogP contribution is 2.19. The van der Waals surface area contributed by atoms with Crippen LogP contribution in [0.15, 0.2) is 0 Å². The predicted octanol–water partition coefficient (Wildman–Crippen LogP) is -0.213. The summed E-state index contributed by atoms with van der Waals surface area (Å²) in [5.74, 6) is 0. The molecule has 0 saturated carbocycles. The molecule has 2 heterocycles. The highest BCUT2D eigenvalue weighted by molar-refractivity contribution is 5.69. The number of carbonyl (C=O) groups is 1. The number of unbranched alkanes of at least 4 members (excludes halogenated alkanes) is 3. The van der Waals surface area contributed by atoms with Crippen LogP contribution < -0.4 is 0 Å². The van der Waals surface area contributed by atoms with Crippen LogP contribution in [0.3, 0.4) is 0 Å². The number of carbonyl (C=O) groups excluding carboxylic acids is 1. The SMILES string of the molecule is O=C1OCCN1CCCCCCN1CCC(O)[C@H](O)C1CO. The highest BCUT2D eigenvalue weighted by Gasteiger charge is 2.35. The lowest BCUT2D eigenvalue weighted by molar-refractivity contribution is -0.0896. The number of piperidine rings is 1. The average Bonchev–Trinajstić information content (AvgIpc) is 2.92. The molecule has 7 nitrogen and oxygen atoms in total. The standard InChI is InChI=1S/C15H28N2O5/c18-11-12-14(20)13(19)5-8-16(12)6-3-1-2-4-7-17-9-10-22-15(17)21/h12-14,18-20H,1-11H2/t12?,13?,14-/m1/s1. The van der Waals surface area contributed by atoms with Gasteiger partial charge < -0.3 is 25.0 Å². The van der Waals surface area contributed by atoms with Gasteiger partial charge in [-0.1, -0.05) is 12.8 Å². The van der Waals surface area contributed by atoms with Gasteiger partial charge in [-0.15, -0.1) is 0 Å². The molecule has 2 rings (SSSR count). The van der Waals surface area contributed by atoms with Crippen molar-refractivity contribution in [3.05, 3.63) is 0 Å². The van der Waals surface area contributed by atoms with Crippen LogP contribution in [0.5, 0.6) is 0 Å². The van der Waals surface area contributed by atoms with Gasteiger partial charge in [-0.25, -0.2) is 4.79 Å². The van der Waals surface area contributed by atoms with Crippen LogP contribution in [0, 0.1) is 0 Å². The van der Waals surface area contributed by atoms with E-state index in [1.54, 1.807) is 4.90 Å². The molecule has 0 aromatic heterocycles. The van der Waals surface area contributed by atoms with E-state index in [0.29, 0.717) is 26.1 Å². The van der Waals surface area contributed by atoms with Crippen LogP contribution in [0.25, 0.3) is 0 Å². The number of ether oxygens (including phenoxy) is 1. The van der Waals surface area contributed by atoms with Gasteiger partial charge in [0, 0.05) is 13.1 Å². The second-order valence-electron chi connectivity index (χ2n) is 6.15. The first-order chi connectivity index (χ1) is 10.6. The number of nitrogens with zero attached hydrogens (tertiary/aromatic N) is 2. The fourth-order valence-corrected chi connectivity index (χ4v) is 3.21. The Bertz CT molecular complexity index is 355. The second kappa shape index (κ2) is 8.67. The molecule has 0 radical (unpaired) electrons. The van der Waals surface area contributed by atoms with Gasteiger partial charge >= 0.3 is 6.09 Å². The van der Waals surface area contributed by atoms with E-state index in [0.717, 1.165) is 38.8 Å². The molecule has 2 aliphatic rings. The Labute approximate surface area is 131 Å². The third kappa shape index (κ3) is 4.55. The van der Waals surface area contributed by atoms with Crippen LogP contribution in [0.4, 0.5) is 4.79 Å². The number of hydrogen-bond acceptors (Lipinski definition) is 6. The lowest BCUT2D eigenvalue weighted by atomic mass is 9.96. The average molecular weight is 316 g/mol. The third-order valence-electron chi connectivity index (χ3n) is 4.62. The Hall–Kier alpha value is -0.890. The minimum atomic E-state index is -0.861. The molecular formula is C15H28N2O5. The smallest absolute Gasteiger partial charge is 0.409 e. The van der Waals surface area contributed by atoms with Gasteiger partial charge in [-0.2, -0.15) is 0 Å². The maximum atomic E-state index is 11.3. The zero-order valence-corrected chi connectivity index (χ0v) is 13.1. The molecule has 0 spiro atoms. The largest absolute Gasteiger partial charge is 0.448 e. The summed E-state index contributed by atoms with van der Waals surface area (Å²) >= 11 is 0. The number of aliphatic hydroxyl groups is 3. The summed E-state index contributed by atoms with van der Waals surface area (Å²) in [7, 11) is 0. The molecule has 2 saturated heterocycles. The zero-order valence-electron chi connectivity index (χ0n) is 13.1. The molecule has 7 heteroatoms. The van der Waals surface area contributed by atoms with Crippen molar-refractivity contribution >= 4 is 6.09 Å². The van der Waals surface area contributed by atoms with E-state index in [-0.39, 0.29) is 18.7 Å². The van der Waals surface area contributed by atoms with Gasteiger partial charge in [0.25, 0.3) is 0 Å². The molecule has 3 atom stereocenters. The lowest BCUT2D eigenvalue weighted by Gasteiger charge is -2.40. The van der Waals surface area contributed by atoms with E-state index in [2.05, 4.69) is 4.90 Å². The molecule has 3 N–H and O–H groups in total. The summed E-state index contributed by atoms with van der Waals surface area (Å²) in [6.45, 7) is 3.36.